The number of hydrogen-bond acceptors (Lipinski definition) is 7. The van der Waals surface area contributed by atoms with Gasteiger partial charge in [-0.3, -0.25) is 23.9 Å². The lowest BCUT2D eigenvalue weighted by molar-refractivity contribution is -0.135. The average molecular weight is 668 g/mol. The molecule has 12 heteroatoms. The summed E-state index contributed by atoms with van der Waals surface area (Å²) in [5, 5.41) is 8.86. The number of anilines is 1. The Hall–Kier alpha value is -4.25. The van der Waals surface area contributed by atoms with Crippen molar-refractivity contribution in [3.63, 3.8) is 0 Å². The minimum absolute atomic E-state index is 0. The van der Waals surface area contributed by atoms with Crippen LogP contribution in [0, 0.1) is 13.8 Å². The van der Waals surface area contributed by atoms with Crippen LogP contribution in [0.3, 0.4) is 0 Å². The number of carbonyl (C=O) groups is 2. The van der Waals surface area contributed by atoms with Crippen LogP contribution in [-0.2, 0) is 20.7 Å². The van der Waals surface area contributed by atoms with Gasteiger partial charge < -0.3 is 20.7 Å². The summed E-state index contributed by atoms with van der Waals surface area (Å²) in [5.41, 5.74) is 5.19. The Bertz CT molecular complexity index is 1600. The van der Waals surface area contributed by atoms with E-state index in [1.165, 1.54) is 4.57 Å². The minimum atomic E-state index is -0.859. The van der Waals surface area contributed by atoms with Crippen molar-refractivity contribution in [1.82, 2.24) is 25.2 Å². The zero-order chi connectivity index (χ0) is 31.1. The van der Waals surface area contributed by atoms with Crippen molar-refractivity contribution in [2.75, 3.05) is 25.0 Å². The van der Waals surface area contributed by atoms with E-state index in [-0.39, 0.29) is 60.5 Å². The van der Waals surface area contributed by atoms with E-state index in [9.17, 15) is 14.4 Å². The number of ether oxygens (including phenoxy) is 1. The molecule has 3 N–H and O–H groups in total. The summed E-state index contributed by atoms with van der Waals surface area (Å²) in [5.74, 6) is -0.598. The second-order valence-electron chi connectivity index (χ2n) is 11.0. The van der Waals surface area contributed by atoms with Gasteiger partial charge >= 0.3 is 0 Å². The molecule has 0 saturated carbocycles. The van der Waals surface area contributed by atoms with Gasteiger partial charge in [-0.15, -0.1) is 24.8 Å². The predicted octanol–water partition coefficient (Wildman–Crippen LogP) is 4.80. The van der Waals surface area contributed by atoms with Crippen LogP contribution in [0.15, 0.2) is 83.9 Å². The SMILES string of the molecule is CCNC(=O)COC(NC(=O)[C@@H]1CCc2cnc(NC[C@H](c3ccc(C)cc3)c3ccc(C)cn3)c(=O)n21)c1ccccc1.Cl.Cl. The van der Waals surface area contributed by atoms with E-state index in [1.54, 1.807) is 6.20 Å². The molecule has 4 aromatic rings. The van der Waals surface area contributed by atoms with E-state index < -0.39 is 12.3 Å². The van der Waals surface area contributed by atoms with Crippen LogP contribution in [0.4, 0.5) is 5.82 Å². The number of halogens is 2. The Kier molecular flexibility index (Phi) is 13.3. The molecule has 0 radical (unpaired) electrons. The van der Waals surface area contributed by atoms with Crippen molar-refractivity contribution in [1.29, 1.82) is 0 Å². The number of aromatic nitrogens is 3. The minimum Gasteiger partial charge on any atom is -0.364 e. The summed E-state index contributed by atoms with van der Waals surface area (Å²) in [6, 6.07) is 20.7. The summed E-state index contributed by atoms with van der Waals surface area (Å²) in [4.78, 5) is 48.5. The largest absolute Gasteiger partial charge is 0.364 e. The highest BCUT2D eigenvalue weighted by Crippen LogP contribution is 2.27. The molecular weight excluding hydrogens is 627 g/mol. The Morgan fingerprint density at radius 3 is 2.33 bits per heavy atom. The molecule has 0 fully saturated rings. The molecule has 1 unspecified atom stereocenters. The van der Waals surface area contributed by atoms with Gasteiger partial charge in [0.1, 0.15) is 12.6 Å². The maximum atomic E-state index is 13.8. The summed E-state index contributed by atoms with van der Waals surface area (Å²) in [6.07, 6.45) is 3.62. The molecule has 1 aliphatic rings. The molecule has 2 aromatic carbocycles. The monoisotopic (exact) mass is 666 g/mol. The molecular formula is C34H40Cl2N6O4. The number of fused-ring (bicyclic) bond motifs is 1. The summed E-state index contributed by atoms with van der Waals surface area (Å²) in [7, 11) is 0. The first-order chi connectivity index (χ1) is 21.3. The van der Waals surface area contributed by atoms with Crippen LogP contribution in [0.5, 0.6) is 0 Å². The first kappa shape index (κ1) is 36.2. The van der Waals surface area contributed by atoms with Gasteiger partial charge in [0.25, 0.3) is 5.56 Å². The van der Waals surface area contributed by atoms with Gasteiger partial charge in [0.15, 0.2) is 12.0 Å². The number of amides is 2. The highest BCUT2D eigenvalue weighted by molar-refractivity contribution is 5.85. The number of benzene rings is 2. The molecule has 2 aromatic heterocycles. The van der Waals surface area contributed by atoms with Crippen molar-refractivity contribution in [2.24, 2.45) is 0 Å². The Morgan fingerprint density at radius 2 is 1.65 bits per heavy atom. The number of carbonyl (C=O) groups excluding carboxylic acids is 2. The molecule has 46 heavy (non-hydrogen) atoms. The molecule has 0 spiro atoms. The summed E-state index contributed by atoms with van der Waals surface area (Å²) >= 11 is 0. The maximum absolute atomic E-state index is 13.8. The lowest BCUT2D eigenvalue weighted by atomic mass is 9.94. The highest BCUT2D eigenvalue weighted by atomic mass is 35.5. The Balaban J connectivity index is 0.00000288. The molecule has 0 saturated heterocycles. The zero-order valence-electron chi connectivity index (χ0n) is 26.1. The number of pyridine rings is 1. The first-order valence-corrected chi connectivity index (χ1v) is 14.9. The molecule has 244 valence electrons. The van der Waals surface area contributed by atoms with Crippen LogP contribution in [0.2, 0.25) is 0 Å². The van der Waals surface area contributed by atoms with Gasteiger partial charge in [-0.25, -0.2) is 4.98 Å². The fraction of sp³-hybridized carbons (Fsp3) is 0.324. The van der Waals surface area contributed by atoms with Gasteiger partial charge in [0, 0.05) is 48.4 Å². The molecule has 3 atom stereocenters. The van der Waals surface area contributed by atoms with E-state index in [0.717, 1.165) is 22.4 Å². The smallest absolute Gasteiger partial charge is 0.294 e. The normalized spacial score (nSPS) is 14.5. The standard InChI is InChI=1S/C34H38N6O4.2ClH/c1-4-35-30(41)21-44-33(25-8-6-5-7-9-25)39-32(42)29-17-15-26-19-37-31(34(43)40(26)29)38-20-27(24-13-10-22(2)11-14-24)28-16-12-23(3)18-36-28;;/h5-14,16,18-19,27,29,33H,4,15,17,20-21H2,1-3H3,(H,35,41)(H,37,38)(H,39,42);2*1H/t27-,29+,33?;;/m1../s1. The summed E-state index contributed by atoms with van der Waals surface area (Å²) in [6.45, 7) is 6.51. The van der Waals surface area contributed by atoms with Gasteiger partial charge in [-0.05, 0) is 50.8 Å². The topological polar surface area (TPSA) is 127 Å². The Morgan fingerprint density at radius 1 is 0.935 bits per heavy atom. The van der Waals surface area contributed by atoms with E-state index in [1.807, 2.05) is 69.4 Å². The molecule has 3 heterocycles. The number of hydrogen-bond donors (Lipinski definition) is 3. The van der Waals surface area contributed by atoms with Crippen molar-refractivity contribution in [3.05, 3.63) is 123 Å². The van der Waals surface area contributed by atoms with Gasteiger partial charge in [0.2, 0.25) is 11.8 Å². The van der Waals surface area contributed by atoms with Crippen molar-refractivity contribution in [3.8, 4) is 0 Å². The number of aryl methyl sites for hydroxylation is 3. The van der Waals surface area contributed by atoms with Gasteiger partial charge in [-0.2, -0.15) is 0 Å². The van der Waals surface area contributed by atoms with E-state index >= 15 is 0 Å². The number of likely N-dealkylation sites (N-methyl/N-ethyl adjacent to an activating group) is 1. The second kappa shape index (κ2) is 16.9. The molecule has 0 bridgehead atoms. The zero-order valence-corrected chi connectivity index (χ0v) is 27.7. The lowest BCUT2D eigenvalue weighted by Crippen LogP contribution is -2.40. The number of rotatable bonds is 12. The fourth-order valence-electron chi connectivity index (χ4n) is 5.37. The summed E-state index contributed by atoms with van der Waals surface area (Å²) < 4.78 is 7.33. The van der Waals surface area contributed by atoms with E-state index in [4.69, 9.17) is 4.74 Å². The molecule has 5 rings (SSSR count). The van der Waals surface area contributed by atoms with Crippen LogP contribution in [0.1, 0.15) is 65.2 Å². The van der Waals surface area contributed by atoms with Gasteiger partial charge in [-0.1, -0.05) is 66.2 Å². The number of nitrogens with zero attached hydrogens (tertiary/aromatic N) is 3. The molecule has 1 aliphatic heterocycles. The van der Waals surface area contributed by atoms with Crippen molar-refractivity contribution >= 4 is 42.4 Å². The first-order valence-electron chi connectivity index (χ1n) is 14.9. The molecule has 2 amide bonds. The second-order valence-corrected chi connectivity index (χ2v) is 11.0. The third-order valence-corrected chi connectivity index (χ3v) is 7.74. The van der Waals surface area contributed by atoms with Crippen LogP contribution >= 0.6 is 24.8 Å². The van der Waals surface area contributed by atoms with Crippen LogP contribution in [-0.4, -0.2) is 46.0 Å². The lowest BCUT2D eigenvalue weighted by Gasteiger charge is -2.23. The van der Waals surface area contributed by atoms with Gasteiger partial charge in [0.05, 0.1) is 0 Å². The van der Waals surface area contributed by atoms with Crippen molar-refractivity contribution in [2.45, 2.75) is 51.8 Å². The third kappa shape index (κ3) is 8.72. The predicted molar refractivity (Wildman–Crippen MR) is 183 cm³/mol. The number of nitrogens with one attached hydrogen (secondary N) is 3. The van der Waals surface area contributed by atoms with E-state index in [0.29, 0.717) is 37.2 Å². The van der Waals surface area contributed by atoms with Crippen LogP contribution in [0.25, 0.3) is 0 Å². The molecule has 0 aliphatic carbocycles. The van der Waals surface area contributed by atoms with Crippen LogP contribution < -0.4 is 21.5 Å². The average Bonchev–Trinajstić information content (AvgIpc) is 3.48. The fourth-order valence-corrected chi connectivity index (χ4v) is 5.37. The Labute approximate surface area is 281 Å². The highest BCUT2D eigenvalue weighted by Gasteiger charge is 2.32. The quantitative estimate of drug-likeness (QED) is 0.185. The third-order valence-electron chi connectivity index (χ3n) is 7.74. The van der Waals surface area contributed by atoms with E-state index in [2.05, 4.69) is 50.2 Å². The molecule has 10 nitrogen and oxygen atoms in total. The maximum Gasteiger partial charge on any atom is 0.294 e. The van der Waals surface area contributed by atoms with Crippen molar-refractivity contribution < 1.29 is 14.3 Å².